The van der Waals surface area contributed by atoms with E-state index in [1.54, 1.807) is 30.6 Å². The van der Waals surface area contributed by atoms with E-state index in [1.165, 1.54) is 18.2 Å². The molecule has 0 atom stereocenters. The molecule has 0 radical (unpaired) electrons. The van der Waals surface area contributed by atoms with Crippen LogP contribution in [0.5, 0.6) is 0 Å². The number of carbonyl (C=O) groups is 1. The number of nitrogens with two attached hydrogens (primary N) is 1. The largest absolute Gasteiger partial charge is 0.366 e. The molecule has 0 aliphatic rings. The van der Waals surface area contributed by atoms with E-state index < -0.39 is 11.7 Å². The number of nitriles is 1. The van der Waals surface area contributed by atoms with Crippen molar-refractivity contribution in [1.82, 2.24) is 9.97 Å². The molecule has 0 spiro atoms. The molecule has 1 amide bonds. The molecule has 0 saturated heterocycles. The van der Waals surface area contributed by atoms with E-state index in [9.17, 15) is 9.18 Å². The van der Waals surface area contributed by atoms with Crippen molar-refractivity contribution in [3.05, 3.63) is 59.7 Å². The second-order valence-electron chi connectivity index (χ2n) is 4.91. The first-order valence-electron chi connectivity index (χ1n) is 6.73. The van der Waals surface area contributed by atoms with Gasteiger partial charge in [-0.25, -0.2) is 9.37 Å². The number of aromatic amines is 1. The summed E-state index contributed by atoms with van der Waals surface area (Å²) in [5.74, 6) is -1.12. The molecule has 0 aliphatic heterocycles. The van der Waals surface area contributed by atoms with Gasteiger partial charge >= 0.3 is 0 Å². The SMILES string of the molecule is N#Cc1ccc(-c2cnc3[nH]cc(C=CC(N)=O)c3c2)cc1F. The molecule has 3 N–H and O–H groups in total. The molecule has 0 unspecified atom stereocenters. The van der Waals surface area contributed by atoms with Gasteiger partial charge < -0.3 is 10.7 Å². The van der Waals surface area contributed by atoms with E-state index in [0.717, 1.165) is 10.9 Å². The Hall–Kier alpha value is -3.46. The number of H-pyrrole nitrogens is 1. The number of hydrogen-bond donors (Lipinski definition) is 2. The molecule has 2 aromatic heterocycles. The first kappa shape index (κ1) is 14.5. The van der Waals surface area contributed by atoms with Crippen molar-refractivity contribution in [3.63, 3.8) is 0 Å². The smallest absolute Gasteiger partial charge is 0.241 e. The molecular formula is C17H11FN4O. The third kappa shape index (κ3) is 2.80. The number of nitrogens with zero attached hydrogens (tertiary/aromatic N) is 2. The lowest BCUT2D eigenvalue weighted by molar-refractivity contribution is -0.113. The molecule has 0 saturated carbocycles. The zero-order valence-corrected chi connectivity index (χ0v) is 11.9. The number of halogens is 1. The Morgan fingerprint density at radius 3 is 2.87 bits per heavy atom. The fourth-order valence-electron chi connectivity index (χ4n) is 2.28. The minimum atomic E-state index is -0.576. The first-order chi connectivity index (χ1) is 11.1. The minimum absolute atomic E-state index is 0.00508. The van der Waals surface area contributed by atoms with Crippen LogP contribution in [0.2, 0.25) is 0 Å². The van der Waals surface area contributed by atoms with Gasteiger partial charge in [0, 0.05) is 35.0 Å². The van der Waals surface area contributed by atoms with Crippen LogP contribution in [0.3, 0.4) is 0 Å². The van der Waals surface area contributed by atoms with E-state index in [4.69, 9.17) is 11.0 Å². The van der Waals surface area contributed by atoms with Gasteiger partial charge in [0.2, 0.25) is 5.91 Å². The van der Waals surface area contributed by atoms with Crippen molar-refractivity contribution in [3.8, 4) is 17.2 Å². The maximum atomic E-state index is 13.8. The Balaban J connectivity index is 2.09. The average Bonchev–Trinajstić information content (AvgIpc) is 2.95. The number of primary amides is 1. The summed E-state index contributed by atoms with van der Waals surface area (Å²) in [6.45, 7) is 0. The Bertz CT molecular complexity index is 982. The number of benzene rings is 1. The Kier molecular flexibility index (Phi) is 3.61. The number of aromatic nitrogens is 2. The van der Waals surface area contributed by atoms with Crippen LogP contribution < -0.4 is 5.73 Å². The average molecular weight is 306 g/mol. The number of nitrogens with one attached hydrogen (secondary N) is 1. The number of rotatable bonds is 3. The summed E-state index contributed by atoms with van der Waals surface area (Å²) >= 11 is 0. The molecule has 112 valence electrons. The molecule has 2 heterocycles. The topological polar surface area (TPSA) is 95.6 Å². The van der Waals surface area contributed by atoms with Gasteiger partial charge in [0.1, 0.15) is 17.5 Å². The second-order valence-corrected chi connectivity index (χ2v) is 4.91. The molecule has 0 fully saturated rings. The third-order valence-corrected chi connectivity index (χ3v) is 3.41. The standard InChI is InChI=1S/C17H11FN4O/c18-15-6-10(1-2-11(15)7-19)13-5-14-12(3-4-16(20)23)8-21-17(14)22-9-13/h1-6,8-9H,(H2,20,23)(H,21,22). The Labute approximate surface area is 130 Å². The van der Waals surface area contributed by atoms with E-state index in [-0.39, 0.29) is 5.56 Å². The van der Waals surface area contributed by atoms with Crippen LogP contribution in [-0.4, -0.2) is 15.9 Å². The molecule has 3 aromatic rings. The van der Waals surface area contributed by atoms with Crippen LogP contribution in [0.1, 0.15) is 11.1 Å². The van der Waals surface area contributed by atoms with Gasteiger partial charge in [0.05, 0.1) is 5.56 Å². The molecule has 1 aromatic carbocycles. The van der Waals surface area contributed by atoms with Gasteiger partial charge in [-0.15, -0.1) is 0 Å². The van der Waals surface area contributed by atoms with Crippen molar-refractivity contribution in [2.24, 2.45) is 5.73 Å². The Morgan fingerprint density at radius 2 is 2.17 bits per heavy atom. The van der Waals surface area contributed by atoms with Gasteiger partial charge in [0.15, 0.2) is 0 Å². The lowest BCUT2D eigenvalue weighted by Gasteiger charge is -2.03. The summed E-state index contributed by atoms with van der Waals surface area (Å²) in [6, 6.07) is 8.01. The van der Waals surface area contributed by atoms with Gasteiger partial charge in [-0.1, -0.05) is 6.07 Å². The van der Waals surface area contributed by atoms with Crippen LogP contribution in [-0.2, 0) is 4.79 Å². The van der Waals surface area contributed by atoms with Crippen LogP contribution >= 0.6 is 0 Å². The minimum Gasteiger partial charge on any atom is -0.366 e. The summed E-state index contributed by atoms with van der Waals surface area (Å²) in [5.41, 5.74) is 7.81. The second kappa shape index (κ2) is 5.73. The molecule has 0 aliphatic carbocycles. The highest BCUT2D eigenvalue weighted by Gasteiger charge is 2.08. The quantitative estimate of drug-likeness (QED) is 0.728. The van der Waals surface area contributed by atoms with Crippen molar-refractivity contribution < 1.29 is 9.18 Å². The van der Waals surface area contributed by atoms with Crippen molar-refractivity contribution in [1.29, 1.82) is 5.26 Å². The van der Waals surface area contributed by atoms with Gasteiger partial charge in [0.25, 0.3) is 0 Å². The Morgan fingerprint density at radius 1 is 1.35 bits per heavy atom. The fourth-order valence-corrected chi connectivity index (χ4v) is 2.28. The third-order valence-electron chi connectivity index (χ3n) is 3.41. The summed E-state index contributed by atoms with van der Waals surface area (Å²) in [5, 5.41) is 9.56. The van der Waals surface area contributed by atoms with Gasteiger partial charge in [-0.3, -0.25) is 4.79 Å². The molecule has 3 rings (SSSR count). The summed E-state index contributed by atoms with van der Waals surface area (Å²) in [7, 11) is 0. The van der Waals surface area contributed by atoms with Gasteiger partial charge in [-0.05, 0) is 29.8 Å². The number of carbonyl (C=O) groups excluding carboxylic acids is 1. The molecule has 5 nitrogen and oxygen atoms in total. The van der Waals surface area contributed by atoms with Gasteiger partial charge in [-0.2, -0.15) is 5.26 Å². The fraction of sp³-hybridized carbons (Fsp3) is 0. The number of amides is 1. The number of fused-ring (bicyclic) bond motifs is 1. The molecular weight excluding hydrogens is 295 g/mol. The highest BCUT2D eigenvalue weighted by atomic mass is 19.1. The maximum absolute atomic E-state index is 13.8. The van der Waals surface area contributed by atoms with E-state index in [1.807, 2.05) is 6.07 Å². The zero-order valence-electron chi connectivity index (χ0n) is 11.9. The molecule has 6 heteroatoms. The monoisotopic (exact) mass is 306 g/mol. The van der Waals surface area contributed by atoms with E-state index >= 15 is 0 Å². The highest BCUT2D eigenvalue weighted by molar-refractivity contribution is 5.95. The zero-order chi connectivity index (χ0) is 16.4. The van der Waals surface area contributed by atoms with Crippen molar-refractivity contribution in [2.45, 2.75) is 0 Å². The predicted octanol–water partition coefficient (Wildman–Crippen LogP) is 2.74. The number of pyridine rings is 1. The summed E-state index contributed by atoms with van der Waals surface area (Å²) < 4.78 is 13.8. The number of hydrogen-bond acceptors (Lipinski definition) is 3. The molecule has 0 bridgehead atoms. The predicted molar refractivity (Wildman–Crippen MR) is 84.4 cm³/mol. The lowest BCUT2D eigenvalue weighted by Crippen LogP contribution is -2.04. The maximum Gasteiger partial charge on any atom is 0.241 e. The normalized spacial score (nSPS) is 11.0. The van der Waals surface area contributed by atoms with Crippen molar-refractivity contribution in [2.75, 3.05) is 0 Å². The van der Waals surface area contributed by atoms with Crippen LogP contribution in [0.25, 0.3) is 28.2 Å². The van der Waals surface area contributed by atoms with E-state index in [0.29, 0.717) is 16.8 Å². The van der Waals surface area contributed by atoms with Crippen molar-refractivity contribution >= 4 is 23.0 Å². The van der Waals surface area contributed by atoms with E-state index in [2.05, 4.69) is 9.97 Å². The highest BCUT2D eigenvalue weighted by Crippen LogP contribution is 2.26. The van der Waals surface area contributed by atoms with Crippen LogP contribution in [0, 0.1) is 17.1 Å². The molecule has 23 heavy (non-hydrogen) atoms. The summed E-state index contributed by atoms with van der Waals surface area (Å²) in [6.07, 6.45) is 6.17. The first-order valence-corrected chi connectivity index (χ1v) is 6.73. The lowest BCUT2D eigenvalue weighted by atomic mass is 10.0. The summed E-state index contributed by atoms with van der Waals surface area (Å²) in [4.78, 5) is 18.1. The van der Waals surface area contributed by atoms with Crippen LogP contribution in [0.15, 0.2) is 42.7 Å². The van der Waals surface area contributed by atoms with Crippen LogP contribution in [0.4, 0.5) is 4.39 Å².